The normalized spacial score (nSPS) is 12.7. The van der Waals surface area contributed by atoms with Crippen molar-refractivity contribution in [3.8, 4) is 0 Å². The van der Waals surface area contributed by atoms with Gasteiger partial charge < -0.3 is 5.32 Å². The van der Waals surface area contributed by atoms with Gasteiger partial charge in [0.05, 0.1) is 11.8 Å². The second-order valence-electron chi connectivity index (χ2n) is 4.61. The van der Waals surface area contributed by atoms with Crippen molar-refractivity contribution in [1.29, 1.82) is 0 Å². The minimum Gasteiger partial charge on any atom is -0.340 e. The van der Waals surface area contributed by atoms with E-state index in [-0.39, 0.29) is 0 Å². The van der Waals surface area contributed by atoms with Gasteiger partial charge in [0.25, 0.3) is 5.91 Å². The molecule has 1 aromatic heterocycles. The van der Waals surface area contributed by atoms with E-state index in [9.17, 15) is 22.4 Å². The molecule has 0 fully saturated rings. The Morgan fingerprint density at radius 3 is 2.45 bits per heavy atom. The molecule has 0 saturated carbocycles. The zero-order valence-electron chi connectivity index (χ0n) is 11.3. The molecule has 1 heterocycles. The van der Waals surface area contributed by atoms with Gasteiger partial charge in [0.2, 0.25) is 0 Å². The summed E-state index contributed by atoms with van der Waals surface area (Å²) in [5.74, 6) is -2.10. The van der Waals surface area contributed by atoms with Gasteiger partial charge in [-0.3, -0.25) is 9.78 Å². The first-order chi connectivity index (χ1) is 10.4. The Kier molecular flexibility index (Phi) is 4.75. The Labute approximate surface area is 124 Å². The van der Waals surface area contributed by atoms with E-state index in [0.717, 1.165) is 18.5 Å². The SMILES string of the molecule is O=C(NC(Cc1ccccc1)C(F)(F)F)c1ccncc1F. The standard InChI is InChI=1S/C15H12F4N2O/c16-12-9-20-7-6-11(12)14(22)21-13(15(17,18)19)8-10-4-2-1-3-5-10/h1-7,9,13H,8H2,(H,21,22). The van der Waals surface area contributed by atoms with E-state index in [1.165, 1.54) is 12.1 Å². The number of pyridine rings is 1. The molecule has 1 N–H and O–H groups in total. The molecule has 1 amide bonds. The molecule has 22 heavy (non-hydrogen) atoms. The maximum absolute atomic E-state index is 13.4. The first kappa shape index (κ1) is 15.9. The molecule has 0 aliphatic heterocycles. The molecule has 1 aromatic carbocycles. The Morgan fingerprint density at radius 2 is 1.86 bits per heavy atom. The molecule has 7 heteroatoms. The highest BCUT2D eigenvalue weighted by Gasteiger charge is 2.40. The lowest BCUT2D eigenvalue weighted by molar-refractivity contribution is -0.153. The fourth-order valence-electron chi connectivity index (χ4n) is 1.89. The van der Waals surface area contributed by atoms with Crippen LogP contribution < -0.4 is 5.32 Å². The number of hydrogen-bond acceptors (Lipinski definition) is 2. The predicted molar refractivity (Wildman–Crippen MR) is 71.7 cm³/mol. The third kappa shape index (κ3) is 4.03. The molecule has 0 saturated heterocycles. The van der Waals surface area contributed by atoms with E-state index < -0.39 is 35.9 Å². The molecule has 116 valence electrons. The van der Waals surface area contributed by atoms with E-state index in [4.69, 9.17) is 0 Å². The van der Waals surface area contributed by atoms with Gasteiger partial charge >= 0.3 is 6.18 Å². The Bertz CT molecular complexity index is 643. The van der Waals surface area contributed by atoms with Gasteiger partial charge in [0.15, 0.2) is 5.82 Å². The van der Waals surface area contributed by atoms with Crippen molar-refractivity contribution in [2.45, 2.75) is 18.6 Å². The molecule has 0 aliphatic rings. The van der Waals surface area contributed by atoms with Crippen LogP contribution in [0.25, 0.3) is 0 Å². The van der Waals surface area contributed by atoms with Gasteiger partial charge in [-0.2, -0.15) is 13.2 Å². The highest BCUT2D eigenvalue weighted by atomic mass is 19.4. The molecule has 1 atom stereocenters. The molecule has 3 nitrogen and oxygen atoms in total. The van der Waals surface area contributed by atoms with Crippen molar-refractivity contribution in [3.63, 3.8) is 0 Å². The summed E-state index contributed by atoms with van der Waals surface area (Å²) in [5.41, 5.74) is -0.0577. The zero-order chi connectivity index (χ0) is 16.2. The number of benzene rings is 1. The maximum Gasteiger partial charge on any atom is 0.408 e. The predicted octanol–water partition coefficient (Wildman–Crippen LogP) is 3.12. The molecule has 0 radical (unpaired) electrons. The monoisotopic (exact) mass is 312 g/mol. The fraction of sp³-hybridized carbons (Fsp3) is 0.200. The van der Waals surface area contributed by atoms with Gasteiger partial charge in [0, 0.05) is 12.6 Å². The summed E-state index contributed by atoms with van der Waals surface area (Å²) < 4.78 is 52.6. The van der Waals surface area contributed by atoms with Gasteiger partial charge in [-0.15, -0.1) is 0 Å². The Morgan fingerprint density at radius 1 is 1.18 bits per heavy atom. The highest BCUT2D eigenvalue weighted by molar-refractivity contribution is 5.94. The highest BCUT2D eigenvalue weighted by Crippen LogP contribution is 2.23. The third-order valence-electron chi connectivity index (χ3n) is 3.00. The summed E-state index contributed by atoms with van der Waals surface area (Å²) in [4.78, 5) is 15.3. The fourth-order valence-corrected chi connectivity index (χ4v) is 1.89. The van der Waals surface area contributed by atoms with Gasteiger partial charge in [-0.1, -0.05) is 30.3 Å². The molecule has 0 bridgehead atoms. The van der Waals surface area contributed by atoms with Gasteiger partial charge in [-0.05, 0) is 11.6 Å². The number of amides is 1. The maximum atomic E-state index is 13.4. The number of hydrogen-bond donors (Lipinski definition) is 1. The van der Waals surface area contributed by atoms with Crippen LogP contribution in [0.2, 0.25) is 0 Å². The number of nitrogens with zero attached hydrogens (tertiary/aromatic N) is 1. The van der Waals surface area contributed by atoms with E-state index in [1.807, 2.05) is 5.32 Å². The first-order valence-electron chi connectivity index (χ1n) is 6.39. The van der Waals surface area contributed by atoms with Crippen molar-refractivity contribution in [2.75, 3.05) is 0 Å². The Balaban J connectivity index is 2.17. The molecule has 1 unspecified atom stereocenters. The minimum absolute atomic E-state index is 0.417. The van der Waals surface area contributed by atoms with Crippen molar-refractivity contribution in [2.24, 2.45) is 0 Å². The summed E-state index contributed by atoms with van der Waals surface area (Å²) in [6.45, 7) is 0. The van der Waals surface area contributed by atoms with E-state index in [0.29, 0.717) is 5.56 Å². The second kappa shape index (κ2) is 6.55. The van der Waals surface area contributed by atoms with Crippen LogP contribution in [-0.4, -0.2) is 23.1 Å². The van der Waals surface area contributed by atoms with E-state index >= 15 is 0 Å². The molecular weight excluding hydrogens is 300 g/mol. The van der Waals surface area contributed by atoms with Crippen LogP contribution in [-0.2, 0) is 6.42 Å². The van der Waals surface area contributed by atoms with Gasteiger partial charge in [0.1, 0.15) is 6.04 Å². The van der Waals surface area contributed by atoms with Crippen molar-refractivity contribution < 1.29 is 22.4 Å². The first-order valence-corrected chi connectivity index (χ1v) is 6.39. The third-order valence-corrected chi connectivity index (χ3v) is 3.00. The number of alkyl halides is 3. The lowest BCUT2D eigenvalue weighted by Crippen LogP contribution is -2.47. The summed E-state index contributed by atoms with van der Waals surface area (Å²) >= 11 is 0. The Hall–Kier alpha value is -2.44. The van der Waals surface area contributed by atoms with Crippen LogP contribution in [0, 0.1) is 5.82 Å². The molecule has 2 rings (SSSR count). The van der Waals surface area contributed by atoms with Crippen molar-refractivity contribution in [3.05, 3.63) is 65.7 Å². The van der Waals surface area contributed by atoms with Crippen LogP contribution in [0.3, 0.4) is 0 Å². The molecule has 0 spiro atoms. The number of carbonyl (C=O) groups excluding carboxylic acids is 1. The number of rotatable bonds is 4. The number of carbonyl (C=O) groups is 1. The summed E-state index contributed by atoms with van der Waals surface area (Å²) in [6, 6.07) is 6.86. The lowest BCUT2D eigenvalue weighted by Gasteiger charge is -2.22. The van der Waals surface area contributed by atoms with Gasteiger partial charge in [-0.25, -0.2) is 4.39 Å². The van der Waals surface area contributed by atoms with E-state index in [2.05, 4.69) is 4.98 Å². The average molecular weight is 312 g/mol. The summed E-state index contributed by atoms with van der Waals surface area (Å²) in [7, 11) is 0. The second-order valence-corrected chi connectivity index (χ2v) is 4.61. The van der Waals surface area contributed by atoms with Crippen LogP contribution in [0.5, 0.6) is 0 Å². The van der Waals surface area contributed by atoms with Crippen molar-refractivity contribution >= 4 is 5.91 Å². The quantitative estimate of drug-likeness (QED) is 0.881. The van der Waals surface area contributed by atoms with Crippen LogP contribution >= 0.6 is 0 Å². The van der Waals surface area contributed by atoms with Crippen LogP contribution in [0.1, 0.15) is 15.9 Å². The smallest absolute Gasteiger partial charge is 0.340 e. The van der Waals surface area contributed by atoms with Crippen LogP contribution in [0.4, 0.5) is 17.6 Å². The molecular formula is C15H12F4N2O. The minimum atomic E-state index is -4.64. The zero-order valence-corrected chi connectivity index (χ0v) is 11.3. The summed E-state index contributed by atoms with van der Waals surface area (Å²) in [6.07, 6.45) is -3.16. The largest absolute Gasteiger partial charge is 0.408 e. The molecule has 2 aromatic rings. The number of aromatic nitrogens is 1. The lowest BCUT2D eigenvalue weighted by atomic mass is 10.1. The van der Waals surface area contributed by atoms with Crippen LogP contribution in [0.15, 0.2) is 48.8 Å². The van der Waals surface area contributed by atoms with Crippen molar-refractivity contribution in [1.82, 2.24) is 10.3 Å². The number of nitrogens with one attached hydrogen (secondary N) is 1. The average Bonchev–Trinajstić information content (AvgIpc) is 2.47. The molecule has 0 aliphatic carbocycles. The summed E-state index contributed by atoms with van der Waals surface area (Å²) in [5, 5.41) is 1.83. The number of halogens is 4. The van der Waals surface area contributed by atoms with E-state index in [1.54, 1.807) is 18.2 Å². The topological polar surface area (TPSA) is 42.0 Å².